The lowest BCUT2D eigenvalue weighted by Crippen LogP contribution is -2.10. The van der Waals surface area contributed by atoms with Crippen LogP contribution in [-0.4, -0.2) is 9.55 Å². The SMILES string of the molecule is C[C@@H](N)c1cncn1-c1cccc2ccccc12. The Morgan fingerprint density at radius 2 is 1.89 bits per heavy atom. The van der Waals surface area contributed by atoms with Crippen molar-refractivity contribution in [1.82, 2.24) is 9.55 Å². The molecule has 0 amide bonds. The van der Waals surface area contributed by atoms with Gasteiger partial charge in [0.15, 0.2) is 0 Å². The van der Waals surface area contributed by atoms with Crippen LogP contribution >= 0.6 is 0 Å². The van der Waals surface area contributed by atoms with Crippen molar-refractivity contribution in [2.45, 2.75) is 13.0 Å². The molecule has 90 valence electrons. The highest BCUT2D eigenvalue weighted by Gasteiger charge is 2.10. The van der Waals surface area contributed by atoms with Crippen molar-refractivity contribution in [3.8, 4) is 5.69 Å². The molecule has 1 heterocycles. The van der Waals surface area contributed by atoms with Gasteiger partial charge in [0.2, 0.25) is 0 Å². The third-order valence-corrected chi connectivity index (χ3v) is 3.16. The Balaban J connectivity index is 2.28. The van der Waals surface area contributed by atoms with Gasteiger partial charge >= 0.3 is 0 Å². The van der Waals surface area contributed by atoms with E-state index in [1.165, 1.54) is 10.8 Å². The van der Waals surface area contributed by atoms with Crippen LogP contribution in [0.15, 0.2) is 55.0 Å². The van der Waals surface area contributed by atoms with E-state index in [1.807, 2.05) is 31.6 Å². The first-order valence-corrected chi connectivity index (χ1v) is 6.03. The second-order valence-corrected chi connectivity index (χ2v) is 4.48. The summed E-state index contributed by atoms with van der Waals surface area (Å²) in [6.45, 7) is 1.97. The van der Waals surface area contributed by atoms with Gasteiger partial charge in [0, 0.05) is 11.4 Å². The maximum absolute atomic E-state index is 5.98. The number of benzene rings is 2. The predicted octanol–water partition coefficient (Wildman–Crippen LogP) is 3.05. The van der Waals surface area contributed by atoms with Crippen LogP contribution in [0.25, 0.3) is 16.5 Å². The fourth-order valence-corrected chi connectivity index (χ4v) is 2.26. The van der Waals surface area contributed by atoms with Crippen molar-refractivity contribution in [2.75, 3.05) is 0 Å². The van der Waals surface area contributed by atoms with Gasteiger partial charge in [-0.3, -0.25) is 0 Å². The molecule has 0 aliphatic heterocycles. The molecule has 0 fully saturated rings. The van der Waals surface area contributed by atoms with Crippen molar-refractivity contribution >= 4 is 10.8 Å². The molecule has 18 heavy (non-hydrogen) atoms. The lowest BCUT2D eigenvalue weighted by molar-refractivity contribution is 0.754. The van der Waals surface area contributed by atoms with Gasteiger partial charge in [-0.25, -0.2) is 4.98 Å². The maximum atomic E-state index is 5.98. The predicted molar refractivity (Wildman–Crippen MR) is 73.7 cm³/mol. The summed E-state index contributed by atoms with van der Waals surface area (Å²) in [5, 5.41) is 2.43. The van der Waals surface area contributed by atoms with E-state index in [0.29, 0.717) is 0 Å². The van der Waals surface area contributed by atoms with Crippen molar-refractivity contribution < 1.29 is 0 Å². The van der Waals surface area contributed by atoms with E-state index in [1.54, 1.807) is 0 Å². The van der Waals surface area contributed by atoms with E-state index in [2.05, 4.69) is 39.9 Å². The molecule has 3 rings (SSSR count). The molecule has 0 aliphatic carbocycles. The van der Waals surface area contributed by atoms with Crippen LogP contribution in [0, 0.1) is 0 Å². The van der Waals surface area contributed by atoms with Crippen LogP contribution in [0.1, 0.15) is 18.7 Å². The number of rotatable bonds is 2. The summed E-state index contributed by atoms with van der Waals surface area (Å²) in [4.78, 5) is 4.21. The van der Waals surface area contributed by atoms with Crippen LogP contribution in [0.3, 0.4) is 0 Å². The Bertz CT molecular complexity index is 678. The minimum Gasteiger partial charge on any atom is -0.323 e. The minimum absolute atomic E-state index is 0.0357. The van der Waals surface area contributed by atoms with Crippen molar-refractivity contribution in [3.63, 3.8) is 0 Å². The molecule has 0 radical (unpaired) electrons. The molecule has 1 atom stereocenters. The normalized spacial score (nSPS) is 12.8. The number of aromatic nitrogens is 2. The summed E-state index contributed by atoms with van der Waals surface area (Å²) in [6, 6.07) is 14.6. The lowest BCUT2D eigenvalue weighted by Gasteiger charge is -2.13. The Kier molecular flexibility index (Phi) is 2.61. The van der Waals surface area contributed by atoms with Gasteiger partial charge in [-0.05, 0) is 18.4 Å². The van der Waals surface area contributed by atoms with Crippen molar-refractivity contribution in [3.05, 3.63) is 60.7 Å². The molecule has 2 N–H and O–H groups in total. The first-order chi connectivity index (χ1) is 8.77. The van der Waals surface area contributed by atoms with Crippen LogP contribution in [-0.2, 0) is 0 Å². The molecule has 0 saturated carbocycles. The highest BCUT2D eigenvalue weighted by Crippen LogP contribution is 2.24. The first-order valence-electron chi connectivity index (χ1n) is 6.03. The number of hydrogen-bond donors (Lipinski definition) is 1. The summed E-state index contributed by atoms with van der Waals surface area (Å²) in [5.74, 6) is 0. The summed E-state index contributed by atoms with van der Waals surface area (Å²) in [5.41, 5.74) is 8.12. The summed E-state index contributed by atoms with van der Waals surface area (Å²) >= 11 is 0. The van der Waals surface area contributed by atoms with Crippen LogP contribution in [0.2, 0.25) is 0 Å². The fraction of sp³-hybridized carbons (Fsp3) is 0.133. The molecule has 0 spiro atoms. The molecule has 0 aliphatic rings. The van der Waals surface area contributed by atoms with Crippen LogP contribution in [0.4, 0.5) is 0 Å². The zero-order valence-corrected chi connectivity index (χ0v) is 10.2. The van der Waals surface area contributed by atoms with Crippen LogP contribution in [0.5, 0.6) is 0 Å². The number of imidazole rings is 1. The molecule has 3 aromatic rings. The Morgan fingerprint density at radius 3 is 2.72 bits per heavy atom. The molecule has 0 saturated heterocycles. The van der Waals surface area contributed by atoms with Crippen molar-refractivity contribution in [2.24, 2.45) is 5.73 Å². The molecular weight excluding hydrogens is 222 g/mol. The number of fused-ring (bicyclic) bond motifs is 1. The Labute approximate surface area is 106 Å². The second-order valence-electron chi connectivity index (χ2n) is 4.48. The van der Waals surface area contributed by atoms with Gasteiger partial charge in [0.25, 0.3) is 0 Å². The van der Waals surface area contributed by atoms with Gasteiger partial charge in [0.1, 0.15) is 0 Å². The third kappa shape index (κ3) is 1.69. The molecular formula is C15H15N3. The maximum Gasteiger partial charge on any atom is 0.0994 e. The Hall–Kier alpha value is -2.13. The molecule has 2 aromatic carbocycles. The summed E-state index contributed by atoms with van der Waals surface area (Å²) in [6.07, 6.45) is 3.65. The number of nitrogens with two attached hydrogens (primary N) is 1. The smallest absolute Gasteiger partial charge is 0.0994 e. The minimum atomic E-state index is -0.0357. The van der Waals surface area contributed by atoms with Crippen molar-refractivity contribution in [1.29, 1.82) is 0 Å². The van der Waals surface area contributed by atoms with E-state index < -0.39 is 0 Å². The highest BCUT2D eigenvalue weighted by molar-refractivity contribution is 5.90. The van der Waals surface area contributed by atoms with Gasteiger partial charge in [-0.15, -0.1) is 0 Å². The van der Waals surface area contributed by atoms with E-state index in [9.17, 15) is 0 Å². The van der Waals surface area contributed by atoms with E-state index in [0.717, 1.165) is 11.4 Å². The lowest BCUT2D eigenvalue weighted by atomic mass is 10.1. The van der Waals surface area contributed by atoms with Gasteiger partial charge in [-0.2, -0.15) is 0 Å². The Morgan fingerprint density at radius 1 is 1.11 bits per heavy atom. The molecule has 0 unspecified atom stereocenters. The zero-order chi connectivity index (χ0) is 12.5. The quantitative estimate of drug-likeness (QED) is 0.744. The summed E-state index contributed by atoms with van der Waals surface area (Å²) in [7, 11) is 0. The van der Waals surface area contributed by atoms with Gasteiger partial charge < -0.3 is 10.3 Å². The van der Waals surface area contributed by atoms with E-state index >= 15 is 0 Å². The summed E-state index contributed by atoms with van der Waals surface area (Å²) < 4.78 is 2.06. The fourth-order valence-electron chi connectivity index (χ4n) is 2.26. The first kappa shape index (κ1) is 11.0. The highest BCUT2D eigenvalue weighted by atomic mass is 15.1. The number of nitrogens with zero attached hydrogens (tertiary/aromatic N) is 2. The molecule has 3 heteroatoms. The molecule has 3 nitrogen and oxygen atoms in total. The second kappa shape index (κ2) is 4.27. The molecule has 1 aromatic heterocycles. The number of hydrogen-bond acceptors (Lipinski definition) is 2. The largest absolute Gasteiger partial charge is 0.323 e. The topological polar surface area (TPSA) is 43.8 Å². The monoisotopic (exact) mass is 237 g/mol. The van der Waals surface area contributed by atoms with Gasteiger partial charge in [0.05, 0.1) is 23.9 Å². The van der Waals surface area contributed by atoms with Gasteiger partial charge in [-0.1, -0.05) is 36.4 Å². The standard InChI is InChI=1S/C15H15N3/c1-11(16)15-9-17-10-18(15)14-8-4-6-12-5-2-3-7-13(12)14/h2-11H,16H2,1H3/t11-/m1/s1. The van der Waals surface area contributed by atoms with E-state index in [-0.39, 0.29) is 6.04 Å². The van der Waals surface area contributed by atoms with Crippen LogP contribution < -0.4 is 5.73 Å². The average molecular weight is 237 g/mol. The van der Waals surface area contributed by atoms with E-state index in [4.69, 9.17) is 5.73 Å². The third-order valence-electron chi connectivity index (χ3n) is 3.16. The molecule has 0 bridgehead atoms. The average Bonchev–Trinajstić information content (AvgIpc) is 2.87. The zero-order valence-electron chi connectivity index (χ0n) is 10.2.